The van der Waals surface area contributed by atoms with Crippen LogP contribution in [0, 0.1) is 42.2 Å². The minimum absolute atomic E-state index is 0.0710. The molecule has 0 radical (unpaired) electrons. The Morgan fingerprint density at radius 3 is 2.69 bits per heavy atom. The molecule has 0 saturated heterocycles. The van der Waals surface area contributed by atoms with Crippen molar-refractivity contribution in [3.63, 3.8) is 0 Å². The van der Waals surface area contributed by atoms with Crippen molar-refractivity contribution < 1.29 is 9.72 Å². The third kappa shape index (κ3) is 4.80. The molecule has 1 amide bonds. The molecule has 0 spiro atoms. The summed E-state index contributed by atoms with van der Waals surface area (Å²) >= 11 is 1.35. The van der Waals surface area contributed by atoms with E-state index in [-0.39, 0.29) is 18.0 Å². The number of hydrogen-bond acceptors (Lipinski definition) is 6. The fraction of sp³-hybridized carbons (Fsp3) is 0.278. The van der Waals surface area contributed by atoms with Crippen molar-refractivity contribution in [2.75, 3.05) is 11.1 Å². The number of aryl methyl sites for hydroxylation is 3. The first-order valence-electron chi connectivity index (χ1n) is 7.88. The SMILES string of the molecule is Cc1cc(C)c(C#N)c(SCCC(=O)Nc2cc([N+](=O)[O-])ccc2C)n1. The van der Waals surface area contributed by atoms with Gasteiger partial charge in [-0.3, -0.25) is 14.9 Å². The lowest BCUT2D eigenvalue weighted by Crippen LogP contribution is -2.13. The Kier molecular flexibility index (Phi) is 6.31. The van der Waals surface area contributed by atoms with Gasteiger partial charge >= 0.3 is 0 Å². The quantitative estimate of drug-likeness (QED) is 0.469. The minimum atomic E-state index is -0.500. The monoisotopic (exact) mass is 370 g/mol. The smallest absolute Gasteiger partial charge is 0.271 e. The number of non-ortho nitro benzene ring substituents is 1. The lowest BCUT2D eigenvalue weighted by molar-refractivity contribution is -0.384. The summed E-state index contributed by atoms with van der Waals surface area (Å²) in [6.45, 7) is 5.48. The highest BCUT2D eigenvalue weighted by Gasteiger charge is 2.13. The van der Waals surface area contributed by atoms with Gasteiger partial charge in [0.25, 0.3) is 5.69 Å². The molecule has 2 aromatic rings. The van der Waals surface area contributed by atoms with Gasteiger partial charge in [-0.15, -0.1) is 11.8 Å². The Hall–Kier alpha value is -2.92. The van der Waals surface area contributed by atoms with Gasteiger partial charge in [0.15, 0.2) is 0 Å². The van der Waals surface area contributed by atoms with Gasteiger partial charge in [-0.2, -0.15) is 5.26 Å². The molecule has 1 heterocycles. The van der Waals surface area contributed by atoms with E-state index in [0.29, 0.717) is 22.0 Å². The fourth-order valence-electron chi connectivity index (χ4n) is 2.35. The number of amides is 1. The molecule has 0 unspecified atom stereocenters. The van der Waals surface area contributed by atoms with Crippen LogP contribution in [0.1, 0.15) is 28.8 Å². The Bertz CT molecular complexity index is 906. The second-order valence-corrected chi connectivity index (χ2v) is 6.86. The van der Waals surface area contributed by atoms with E-state index in [1.54, 1.807) is 13.0 Å². The van der Waals surface area contributed by atoms with Crippen LogP contribution in [0.5, 0.6) is 0 Å². The maximum absolute atomic E-state index is 12.1. The van der Waals surface area contributed by atoms with Crippen molar-refractivity contribution in [2.24, 2.45) is 0 Å². The molecule has 8 heteroatoms. The number of aromatic nitrogens is 1. The van der Waals surface area contributed by atoms with E-state index in [2.05, 4.69) is 16.4 Å². The molecule has 0 aliphatic rings. The number of nitro benzene ring substituents is 1. The van der Waals surface area contributed by atoms with Crippen molar-refractivity contribution in [3.8, 4) is 6.07 Å². The highest BCUT2D eigenvalue weighted by atomic mass is 32.2. The second-order valence-electron chi connectivity index (χ2n) is 5.78. The lowest BCUT2D eigenvalue weighted by atomic mass is 10.1. The van der Waals surface area contributed by atoms with Crippen LogP contribution in [0.2, 0.25) is 0 Å². The predicted octanol–water partition coefficient (Wildman–Crippen LogP) is 3.91. The summed E-state index contributed by atoms with van der Waals surface area (Å²) in [6, 6.07) is 8.34. The van der Waals surface area contributed by atoms with Gasteiger partial charge in [0.2, 0.25) is 5.91 Å². The fourth-order valence-corrected chi connectivity index (χ4v) is 3.39. The molecule has 0 aliphatic heterocycles. The zero-order valence-corrected chi connectivity index (χ0v) is 15.5. The summed E-state index contributed by atoms with van der Waals surface area (Å²) in [5.74, 6) is 0.202. The lowest BCUT2D eigenvalue weighted by Gasteiger charge is -2.09. The number of anilines is 1. The van der Waals surface area contributed by atoms with Gasteiger partial charge in [0, 0.05) is 30.0 Å². The number of nitrogens with zero attached hydrogens (tertiary/aromatic N) is 3. The summed E-state index contributed by atoms with van der Waals surface area (Å²) in [5, 5.41) is 23.4. The summed E-state index contributed by atoms with van der Waals surface area (Å²) < 4.78 is 0. The summed E-state index contributed by atoms with van der Waals surface area (Å²) in [6.07, 6.45) is 0.201. The summed E-state index contributed by atoms with van der Waals surface area (Å²) in [4.78, 5) is 26.9. The van der Waals surface area contributed by atoms with Crippen molar-refractivity contribution in [1.29, 1.82) is 5.26 Å². The number of hydrogen-bond donors (Lipinski definition) is 1. The van der Waals surface area contributed by atoms with E-state index in [4.69, 9.17) is 0 Å². The van der Waals surface area contributed by atoms with Gasteiger partial charge in [-0.25, -0.2) is 4.98 Å². The van der Waals surface area contributed by atoms with E-state index in [1.165, 1.54) is 23.9 Å². The van der Waals surface area contributed by atoms with Gasteiger partial charge < -0.3 is 5.32 Å². The molecule has 0 atom stereocenters. The largest absolute Gasteiger partial charge is 0.326 e. The number of nitrogens with one attached hydrogen (secondary N) is 1. The first kappa shape index (κ1) is 19.4. The number of carbonyl (C=O) groups excluding carboxylic acids is 1. The maximum Gasteiger partial charge on any atom is 0.271 e. The standard InChI is InChI=1S/C18H18N4O3S/c1-11-4-5-14(22(24)25)9-16(11)21-17(23)6-7-26-18-15(10-19)12(2)8-13(3)20-18/h4-5,8-9H,6-7H2,1-3H3,(H,21,23). The van der Waals surface area contributed by atoms with Crippen LogP contribution in [0.15, 0.2) is 29.3 Å². The van der Waals surface area contributed by atoms with Crippen molar-refractivity contribution in [1.82, 2.24) is 4.98 Å². The second kappa shape index (κ2) is 8.45. The zero-order chi connectivity index (χ0) is 19.3. The first-order valence-corrected chi connectivity index (χ1v) is 8.86. The van der Waals surface area contributed by atoms with Crippen LogP contribution in [0.25, 0.3) is 0 Å². The number of nitro groups is 1. The van der Waals surface area contributed by atoms with Crippen LogP contribution >= 0.6 is 11.8 Å². The maximum atomic E-state index is 12.1. The van der Waals surface area contributed by atoms with E-state index in [0.717, 1.165) is 16.8 Å². The highest BCUT2D eigenvalue weighted by molar-refractivity contribution is 7.99. The number of nitriles is 1. The number of thioether (sulfide) groups is 1. The molecule has 0 bridgehead atoms. The average Bonchev–Trinajstić information content (AvgIpc) is 2.56. The Morgan fingerprint density at radius 2 is 2.04 bits per heavy atom. The highest BCUT2D eigenvalue weighted by Crippen LogP contribution is 2.25. The Labute approximate surface area is 155 Å². The van der Waals surface area contributed by atoms with E-state index >= 15 is 0 Å². The molecule has 0 aliphatic carbocycles. The number of pyridine rings is 1. The van der Waals surface area contributed by atoms with Gasteiger partial charge in [0.05, 0.1) is 16.2 Å². The van der Waals surface area contributed by atoms with Crippen molar-refractivity contribution in [2.45, 2.75) is 32.2 Å². The molecule has 1 N–H and O–H groups in total. The molecule has 1 aromatic heterocycles. The van der Waals surface area contributed by atoms with Crippen molar-refractivity contribution in [3.05, 3.63) is 56.8 Å². The minimum Gasteiger partial charge on any atom is -0.326 e. The molecule has 134 valence electrons. The van der Waals surface area contributed by atoms with Crippen LogP contribution in [-0.4, -0.2) is 21.6 Å². The van der Waals surface area contributed by atoms with Gasteiger partial charge in [-0.1, -0.05) is 6.07 Å². The molecular formula is C18H18N4O3S. The zero-order valence-electron chi connectivity index (χ0n) is 14.7. The Balaban J connectivity index is 2.00. The van der Waals surface area contributed by atoms with Gasteiger partial charge in [-0.05, 0) is 38.0 Å². The van der Waals surface area contributed by atoms with E-state index in [1.807, 2.05) is 19.9 Å². The summed E-state index contributed by atoms with van der Waals surface area (Å²) in [5.41, 5.74) is 3.31. The number of benzene rings is 1. The van der Waals surface area contributed by atoms with E-state index in [9.17, 15) is 20.2 Å². The molecule has 0 saturated carbocycles. The molecule has 0 fully saturated rings. The molecule has 2 rings (SSSR count). The van der Waals surface area contributed by atoms with Crippen molar-refractivity contribution >= 4 is 29.0 Å². The molecule has 1 aromatic carbocycles. The van der Waals surface area contributed by atoms with Crippen LogP contribution < -0.4 is 5.32 Å². The Morgan fingerprint density at radius 1 is 1.31 bits per heavy atom. The molecule has 26 heavy (non-hydrogen) atoms. The topological polar surface area (TPSA) is 109 Å². The third-order valence-electron chi connectivity index (χ3n) is 3.70. The average molecular weight is 370 g/mol. The van der Waals surface area contributed by atoms with Crippen LogP contribution in [0.4, 0.5) is 11.4 Å². The molecular weight excluding hydrogens is 352 g/mol. The van der Waals surface area contributed by atoms with Crippen LogP contribution in [0.3, 0.4) is 0 Å². The third-order valence-corrected chi connectivity index (χ3v) is 4.67. The molecule has 7 nitrogen and oxygen atoms in total. The first-order chi connectivity index (χ1) is 12.3. The predicted molar refractivity (Wildman–Crippen MR) is 100 cm³/mol. The normalized spacial score (nSPS) is 10.2. The summed E-state index contributed by atoms with van der Waals surface area (Å²) in [7, 11) is 0. The van der Waals surface area contributed by atoms with Crippen LogP contribution in [-0.2, 0) is 4.79 Å². The van der Waals surface area contributed by atoms with E-state index < -0.39 is 4.92 Å². The number of carbonyl (C=O) groups is 1. The van der Waals surface area contributed by atoms with Gasteiger partial charge in [0.1, 0.15) is 11.1 Å². The number of rotatable bonds is 6.